The zero-order chi connectivity index (χ0) is 18.4. The summed E-state index contributed by atoms with van der Waals surface area (Å²) in [6.45, 7) is 4.14. The quantitative estimate of drug-likeness (QED) is 0.832. The zero-order valence-electron chi connectivity index (χ0n) is 15.0. The van der Waals surface area contributed by atoms with Crippen molar-refractivity contribution in [2.24, 2.45) is 5.92 Å². The molecule has 0 aromatic heterocycles. The summed E-state index contributed by atoms with van der Waals surface area (Å²) in [4.78, 5) is 12.3. The van der Waals surface area contributed by atoms with Gasteiger partial charge in [-0.15, -0.1) is 0 Å². The highest BCUT2D eigenvalue weighted by atomic mass is 19.1. The molecule has 5 heteroatoms. The number of amides is 1. The molecule has 2 aromatic rings. The average molecular weight is 356 g/mol. The van der Waals surface area contributed by atoms with Crippen molar-refractivity contribution in [2.75, 3.05) is 13.1 Å². The van der Waals surface area contributed by atoms with E-state index in [1.807, 2.05) is 31.2 Å². The lowest BCUT2D eigenvalue weighted by molar-refractivity contribution is -0.126. The fraction of sp³-hybridized carbons (Fsp3) is 0.381. The summed E-state index contributed by atoms with van der Waals surface area (Å²) in [5, 5.41) is 6.36. The van der Waals surface area contributed by atoms with E-state index in [-0.39, 0.29) is 23.7 Å². The molecule has 1 heterocycles. The van der Waals surface area contributed by atoms with Gasteiger partial charge in [0.15, 0.2) is 0 Å². The van der Waals surface area contributed by atoms with E-state index in [4.69, 9.17) is 4.74 Å². The maximum absolute atomic E-state index is 12.9. The first-order valence-electron chi connectivity index (χ1n) is 9.10. The van der Waals surface area contributed by atoms with Crippen molar-refractivity contribution in [3.05, 3.63) is 65.5 Å². The monoisotopic (exact) mass is 356 g/mol. The van der Waals surface area contributed by atoms with Crippen LogP contribution in [0.3, 0.4) is 0 Å². The lowest BCUT2D eigenvalue weighted by atomic mass is 9.98. The first-order valence-corrected chi connectivity index (χ1v) is 9.10. The van der Waals surface area contributed by atoms with Gasteiger partial charge in [0, 0.05) is 6.54 Å². The molecule has 1 fully saturated rings. The number of hydrogen-bond acceptors (Lipinski definition) is 3. The number of benzene rings is 2. The number of rotatable bonds is 6. The first kappa shape index (κ1) is 18.4. The van der Waals surface area contributed by atoms with Gasteiger partial charge in [0.05, 0.1) is 12.0 Å². The highest BCUT2D eigenvalue weighted by Gasteiger charge is 2.22. The molecule has 1 aliphatic heterocycles. The molecule has 0 saturated carbocycles. The molecule has 1 amide bonds. The van der Waals surface area contributed by atoms with E-state index in [9.17, 15) is 9.18 Å². The molecular formula is C21H25FN2O2. The van der Waals surface area contributed by atoms with Gasteiger partial charge in [-0.3, -0.25) is 4.79 Å². The number of ether oxygens (including phenoxy) is 1. The van der Waals surface area contributed by atoms with Gasteiger partial charge < -0.3 is 15.4 Å². The number of carbonyl (C=O) groups is 1. The van der Waals surface area contributed by atoms with Gasteiger partial charge >= 0.3 is 0 Å². The molecule has 3 rings (SSSR count). The van der Waals surface area contributed by atoms with Gasteiger partial charge in [0.2, 0.25) is 5.91 Å². The van der Waals surface area contributed by atoms with Crippen molar-refractivity contribution in [1.82, 2.24) is 10.6 Å². The van der Waals surface area contributed by atoms with Crippen molar-refractivity contribution in [3.63, 3.8) is 0 Å². The fourth-order valence-corrected chi connectivity index (χ4v) is 3.09. The number of piperidine rings is 1. The maximum Gasteiger partial charge on any atom is 0.224 e. The largest absolute Gasteiger partial charge is 0.489 e. The molecular weight excluding hydrogens is 331 g/mol. The normalized spacial score (nSPS) is 18.2. The summed E-state index contributed by atoms with van der Waals surface area (Å²) in [5.41, 5.74) is 1.95. The molecule has 138 valence electrons. The average Bonchev–Trinajstić information content (AvgIpc) is 2.68. The first-order chi connectivity index (χ1) is 12.6. The summed E-state index contributed by atoms with van der Waals surface area (Å²) < 4.78 is 18.6. The van der Waals surface area contributed by atoms with Crippen molar-refractivity contribution in [2.45, 2.75) is 32.4 Å². The van der Waals surface area contributed by atoms with Crippen molar-refractivity contribution < 1.29 is 13.9 Å². The summed E-state index contributed by atoms with van der Waals surface area (Å²) in [6, 6.07) is 13.9. The highest BCUT2D eigenvalue weighted by Crippen LogP contribution is 2.20. The van der Waals surface area contributed by atoms with Gasteiger partial charge in [-0.25, -0.2) is 4.39 Å². The summed E-state index contributed by atoms with van der Waals surface area (Å²) in [7, 11) is 0. The Bertz CT molecular complexity index is 710. The van der Waals surface area contributed by atoms with Crippen LogP contribution in [0.2, 0.25) is 0 Å². The van der Waals surface area contributed by atoms with Crippen LogP contribution in [0.5, 0.6) is 5.75 Å². The Balaban J connectivity index is 1.51. The van der Waals surface area contributed by atoms with Crippen LogP contribution in [0, 0.1) is 11.7 Å². The second-order valence-electron chi connectivity index (χ2n) is 6.76. The van der Waals surface area contributed by atoms with Crippen LogP contribution in [0.15, 0.2) is 48.5 Å². The van der Waals surface area contributed by atoms with Gasteiger partial charge in [-0.1, -0.05) is 24.3 Å². The predicted octanol–water partition coefficient (Wildman–Crippen LogP) is 3.58. The van der Waals surface area contributed by atoms with E-state index in [0.717, 1.165) is 42.8 Å². The van der Waals surface area contributed by atoms with Crippen LogP contribution < -0.4 is 15.4 Å². The maximum atomic E-state index is 12.9. The van der Waals surface area contributed by atoms with E-state index in [1.54, 1.807) is 12.1 Å². The highest BCUT2D eigenvalue weighted by molar-refractivity contribution is 5.79. The number of nitrogens with one attached hydrogen (secondary N) is 2. The molecule has 4 nitrogen and oxygen atoms in total. The minimum absolute atomic E-state index is 0.0458. The molecule has 26 heavy (non-hydrogen) atoms. The SMILES string of the molecule is CC(NC(=O)C1CCCNC1)c1ccc(OCc2ccc(F)cc2)cc1. The predicted molar refractivity (Wildman–Crippen MR) is 99.3 cm³/mol. The molecule has 2 unspecified atom stereocenters. The van der Waals surface area contributed by atoms with Gasteiger partial charge in [-0.05, 0) is 61.7 Å². The van der Waals surface area contributed by atoms with Crippen LogP contribution in [-0.4, -0.2) is 19.0 Å². The second kappa shape index (κ2) is 8.81. The van der Waals surface area contributed by atoms with E-state index in [2.05, 4.69) is 10.6 Å². The molecule has 2 N–H and O–H groups in total. The van der Waals surface area contributed by atoms with Gasteiger partial charge in [0.25, 0.3) is 0 Å². The zero-order valence-corrected chi connectivity index (χ0v) is 15.0. The molecule has 2 aromatic carbocycles. The number of carbonyl (C=O) groups excluding carboxylic acids is 1. The molecule has 0 radical (unpaired) electrons. The van der Waals surface area contributed by atoms with Crippen molar-refractivity contribution in [3.8, 4) is 5.75 Å². The summed E-state index contributed by atoms with van der Waals surface area (Å²) in [5.74, 6) is 0.664. The van der Waals surface area contributed by atoms with E-state index < -0.39 is 0 Å². The molecule has 0 aliphatic carbocycles. The van der Waals surface area contributed by atoms with Gasteiger partial charge in [0.1, 0.15) is 18.2 Å². The molecule has 0 spiro atoms. The molecule has 1 aliphatic rings. The standard InChI is InChI=1S/C21H25FN2O2/c1-15(24-21(25)18-3-2-12-23-13-18)17-6-10-20(11-7-17)26-14-16-4-8-19(22)9-5-16/h4-11,15,18,23H,2-3,12-14H2,1H3,(H,24,25). The molecule has 0 bridgehead atoms. The van der Waals surface area contributed by atoms with Crippen LogP contribution >= 0.6 is 0 Å². The smallest absolute Gasteiger partial charge is 0.224 e. The third-order valence-corrected chi connectivity index (χ3v) is 4.73. The Kier molecular flexibility index (Phi) is 6.23. The Morgan fingerprint density at radius 2 is 1.96 bits per heavy atom. The van der Waals surface area contributed by atoms with Crippen LogP contribution in [-0.2, 0) is 11.4 Å². The lowest BCUT2D eigenvalue weighted by Gasteiger charge is -2.24. The topological polar surface area (TPSA) is 50.4 Å². The Labute approximate surface area is 153 Å². The van der Waals surface area contributed by atoms with Crippen LogP contribution in [0.25, 0.3) is 0 Å². The summed E-state index contributed by atoms with van der Waals surface area (Å²) >= 11 is 0. The number of halogens is 1. The number of hydrogen-bond donors (Lipinski definition) is 2. The van der Waals surface area contributed by atoms with E-state index in [1.165, 1.54) is 12.1 Å². The Morgan fingerprint density at radius 1 is 1.23 bits per heavy atom. The second-order valence-corrected chi connectivity index (χ2v) is 6.76. The minimum Gasteiger partial charge on any atom is -0.489 e. The molecule has 2 atom stereocenters. The summed E-state index contributed by atoms with van der Waals surface area (Å²) in [6.07, 6.45) is 1.99. The van der Waals surface area contributed by atoms with E-state index >= 15 is 0 Å². The Hall–Kier alpha value is -2.40. The third-order valence-electron chi connectivity index (χ3n) is 4.73. The lowest BCUT2D eigenvalue weighted by Crippen LogP contribution is -2.41. The van der Waals surface area contributed by atoms with E-state index in [0.29, 0.717) is 6.61 Å². The van der Waals surface area contributed by atoms with Gasteiger partial charge in [-0.2, -0.15) is 0 Å². The Morgan fingerprint density at radius 3 is 2.62 bits per heavy atom. The minimum atomic E-state index is -0.252. The molecule has 1 saturated heterocycles. The van der Waals surface area contributed by atoms with Crippen LogP contribution in [0.1, 0.15) is 36.9 Å². The fourth-order valence-electron chi connectivity index (χ4n) is 3.09. The van der Waals surface area contributed by atoms with Crippen molar-refractivity contribution >= 4 is 5.91 Å². The van der Waals surface area contributed by atoms with Crippen molar-refractivity contribution in [1.29, 1.82) is 0 Å². The van der Waals surface area contributed by atoms with Crippen LogP contribution in [0.4, 0.5) is 4.39 Å². The third kappa shape index (κ3) is 5.05.